The van der Waals surface area contributed by atoms with Crippen LogP contribution in [0.15, 0.2) is 41.2 Å². The van der Waals surface area contributed by atoms with Gasteiger partial charge in [-0.3, -0.25) is 9.36 Å². The van der Waals surface area contributed by atoms with E-state index in [1.54, 1.807) is 24.8 Å². The van der Waals surface area contributed by atoms with Gasteiger partial charge in [0.25, 0.3) is 0 Å². The van der Waals surface area contributed by atoms with E-state index in [4.69, 9.17) is 4.74 Å². The van der Waals surface area contributed by atoms with Crippen LogP contribution >= 0.6 is 0 Å². The Morgan fingerprint density at radius 3 is 2.73 bits per heavy atom. The summed E-state index contributed by atoms with van der Waals surface area (Å²) in [5.41, 5.74) is -0.197. The molecule has 1 aliphatic heterocycles. The van der Waals surface area contributed by atoms with E-state index >= 15 is 0 Å². The first-order valence-corrected chi connectivity index (χ1v) is 8.59. The number of amides is 1. The molecule has 1 atom stereocenters. The molecule has 1 unspecified atom stereocenters. The summed E-state index contributed by atoms with van der Waals surface area (Å²) in [5, 5.41) is 10.7. The van der Waals surface area contributed by atoms with Crippen LogP contribution in [0.5, 0.6) is 5.75 Å². The predicted octanol–water partition coefficient (Wildman–Crippen LogP) is 0.903. The third-order valence-corrected chi connectivity index (χ3v) is 4.58. The van der Waals surface area contributed by atoms with Crippen molar-refractivity contribution >= 4 is 5.91 Å². The Labute approximate surface area is 151 Å². The molecule has 26 heavy (non-hydrogen) atoms. The van der Waals surface area contributed by atoms with E-state index in [1.165, 1.54) is 4.57 Å². The van der Waals surface area contributed by atoms with Crippen LogP contribution in [0.25, 0.3) is 0 Å². The molecular formula is C19H23N3O4. The number of carbonyl (C=O) groups excluding carboxylic acids is 1. The van der Waals surface area contributed by atoms with E-state index < -0.39 is 11.3 Å². The number of hydrogen-bond acceptors (Lipinski definition) is 5. The normalized spacial score (nSPS) is 19.6. The molecule has 1 aliphatic rings. The molecule has 1 saturated heterocycles. The van der Waals surface area contributed by atoms with E-state index in [9.17, 15) is 14.7 Å². The zero-order chi connectivity index (χ0) is 18.7. The molecule has 1 N–H and O–H groups in total. The Bertz CT molecular complexity index is 850. The second-order valence-electron chi connectivity index (χ2n) is 6.80. The fraction of sp³-hybridized carbons (Fsp3) is 0.421. The highest BCUT2D eigenvalue weighted by atomic mass is 16.5. The van der Waals surface area contributed by atoms with Crippen LogP contribution in [0.4, 0.5) is 0 Å². The Morgan fingerprint density at radius 2 is 2.04 bits per heavy atom. The average molecular weight is 357 g/mol. The minimum atomic E-state index is -1.09. The largest absolute Gasteiger partial charge is 0.491 e. The van der Waals surface area contributed by atoms with Crippen LogP contribution in [-0.2, 0) is 11.3 Å². The van der Waals surface area contributed by atoms with E-state index in [-0.39, 0.29) is 25.6 Å². The van der Waals surface area contributed by atoms with E-state index in [2.05, 4.69) is 4.98 Å². The third kappa shape index (κ3) is 4.11. The van der Waals surface area contributed by atoms with Crippen molar-refractivity contribution in [2.45, 2.75) is 32.4 Å². The second-order valence-corrected chi connectivity index (χ2v) is 6.80. The van der Waals surface area contributed by atoms with Gasteiger partial charge in [-0.15, -0.1) is 0 Å². The summed E-state index contributed by atoms with van der Waals surface area (Å²) < 4.78 is 6.99. The first-order valence-electron chi connectivity index (χ1n) is 8.59. The first kappa shape index (κ1) is 18.1. The molecule has 1 fully saturated rings. The predicted molar refractivity (Wildman–Crippen MR) is 96.1 cm³/mol. The summed E-state index contributed by atoms with van der Waals surface area (Å²) in [7, 11) is 0. The number of nitrogens with zero attached hydrogens (tertiary/aromatic N) is 3. The average Bonchev–Trinajstić information content (AvgIpc) is 3.00. The Hall–Kier alpha value is -2.67. The van der Waals surface area contributed by atoms with Gasteiger partial charge >= 0.3 is 5.69 Å². The summed E-state index contributed by atoms with van der Waals surface area (Å²) in [6.07, 6.45) is 0.436. The number of benzene rings is 1. The van der Waals surface area contributed by atoms with Crippen molar-refractivity contribution in [1.82, 2.24) is 14.5 Å². The van der Waals surface area contributed by atoms with Crippen LogP contribution < -0.4 is 10.4 Å². The van der Waals surface area contributed by atoms with Gasteiger partial charge in [0.2, 0.25) is 5.91 Å². The lowest BCUT2D eigenvalue weighted by Gasteiger charge is -2.24. The van der Waals surface area contributed by atoms with Crippen molar-refractivity contribution in [2.75, 3.05) is 19.7 Å². The van der Waals surface area contributed by atoms with Gasteiger partial charge in [0.05, 0.1) is 6.54 Å². The standard InChI is InChI=1S/C19H23N3O4/c1-14-10-15(2)22(18(24)20-14)11-17(23)21-9-8-19(25,12-21)13-26-16-6-4-3-5-7-16/h3-7,10,25H,8-9,11-13H2,1-2H3. The van der Waals surface area contributed by atoms with Crippen molar-refractivity contribution in [2.24, 2.45) is 0 Å². The molecular weight excluding hydrogens is 334 g/mol. The number of aryl methyl sites for hydroxylation is 2. The number of likely N-dealkylation sites (tertiary alicyclic amines) is 1. The fourth-order valence-electron chi connectivity index (χ4n) is 3.12. The monoisotopic (exact) mass is 357 g/mol. The van der Waals surface area contributed by atoms with Crippen LogP contribution in [0, 0.1) is 13.8 Å². The van der Waals surface area contributed by atoms with Crippen molar-refractivity contribution in [3.8, 4) is 5.75 Å². The highest BCUT2D eigenvalue weighted by Crippen LogP contribution is 2.23. The maximum Gasteiger partial charge on any atom is 0.348 e. The Balaban J connectivity index is 1.61. The molecule has 0 spiro atoms. The molecule has 0 radical (unpaired) electrons. The molecule has 0 saturated carbocycles. The molecule has 1 amide bonds. The molecule has 138 valence electrons. The minimum absolute atomic E-state index is 0.0758. The van der Waals surface area contributed by atoms with E-state index in [0.29, 0.717) is 30.1 Å². The number of ether oxygens (including phenoxy) is 1. The summed E-state index contributed by atoms with van der Waals surface area (Å²) in [6.45, 7) is 4.18. The van der Waals surface area contributed by atoms with Crippen molar-refractivity contribution < 1.29 is 14.6 Å². The molecule has 0 bridgehead atoms. The number of hydrogen-bond donors (Lipinski definition) is 1. The quantitative estimate of drug-likeness (QED) is 0.860. The van der Waals surface area contributed by atoms with E-state index in [0.717, 1.165) is 0 Å². The minimum Gasteiger partial charge on any atom is -0.491 e. The van der Waals surface area contributed by atoms with Gasteiger partial charge in [0.1, 0.15) is 24.5 Å². The highest BCUT2D eigenvalue weighted by Gasteiger charge is 2.39. The number of carbonyl (C=O) groups is 1. The summed E-state index contributed by atoms with van der Waals surface area (Å²) in [6, 6.07) is 11.0. The van der Waals surface area contributed by atoms with Crippen LogP contribution in [0.3, 0.4) is 0 Å². The lowest BCUT2D eigenvalue weighted by molar-refractivity contribution is -0.132. The maximum absolute atomic E-state index is 12.6. The zero-order valence-electron chi connectivity index (χ0n) is 15.0. The Kier molecular flexibility index (Phi) is 5.08. The summed E-state index contributed by atoms with van der Waals surface area (Å²) >= 11 is 0. The highest BCUT2D eigenvalue weighted by molar-refractivity contribution is 5.76. The second kappa shape index (κ2) is 7.29. The van der Waals surface area contributed by atoms with Gasteiger partial charge in [0.15, 0.2) is 0 Å². The Morgan fingerprint density at radius 1 is 1.31 bits per heavy atom. The first-order chi connectivity index (χ1) is 12.4. The molecule has 3 rings (SSSR count). The van der Waals surface area contributed by atoms with Gasteiger partial charge in [-0.1, -0.05) is 18.2 Å². The molecule has 0 aliphatic carbocycles. The molecule has 2 heterocycles. The number of aromatic nitrogens is 2. The van der Waals surface area contributed by atoms with E-state index in [1.807, 2.05) is 30.3 Å². The molecule has 7 heteroatoms. The smallest absolute Gasteiger partial charge is 0.348 e. The molecule has 7 nitrogen and oxygen atoms in total. The number of para-hydroxylation sites is 1. The maximum atomic E-state index is 12.6. The lowest BCUT2D eigenvalue weighted by Crippen LogP contribution is -2.42. The number of rotatable bonds is 5. The van der Waals surface area contributed by atoms with Crippen molar-refractivity contribution in [3.63, 3.8) is 0 Å². The fourth-order valence-corrected chi connectivity index (χ4v) is 3.12. The van der Waals surface area contributed by atoms with Crippen molar-refractivity contribution in [3.05, 3.63) is 58.3 Å². The van der Waals surface area contributed by atoms with Gasteiger partial charge in [0, 0.05) is 17.9 Å². The molecule has 1 aromatic carbocycles. The van der Waals surface area contributed by atoms with Crippen LogP contribution in [0.2, 0.25) is 0 Å². The SMILES string of the molecule is Cc1cc(C)n(CC(=O)N2CCC(O)(COc3ccccc3)C2)c(=O)n1. The number of β-amino-alcohol motifs (C(OH)–C–C–N with tert-alkyl or cyclic N) is 1. The third-order valence-electron chi connectivity index (χ3n) is 4.58. The summed E-state index contributed by atoms with van der Waals surface area (Å²) in [5.74, 6) is 0.468. The van der Waals surface area contributed by atoms with Crippen molar-refractivity contribution in [1.29, 1.82) is 0 Å². The molecule has 1 aromatic heterocycles. The zero-order valence-corrected chi connectivity index (χ0v) is 15.0. The summed E-state index contributed by atoms with van der Waals surface area (Å²) in [4.78, 5) is 30.0. The lowest BCUT2D eigenvalue weighted by atomic mass is 10.1. The van der Waals surface area contributed by atoms with Gasteiger partial charge in [-0.05, 0) is 38.5 Å². The topological polar surface area (TPSA) is 84.7 Å². The van der Waals surface area contributed by atoms with Crippen LogP contribution in [0.1, 0.15) is 17.8 Å². The van der Waals surface area contributed by atoms with Gasteiger partial charge < -0.3 is 14.7 Å². The molecule has 2 aromatic rings. The van der Waals surface area contributed by atoms with Crippen LogP contribution in [-0.4, -0.2) is 50.8 Å². The van der Waals surface area contributed by atoms with Gasteiger partial charge in [-0.25, -0.2) is 4.79 Å². The number of aliphatic hydroxyl groups is 1. The van der Waals surface area contributed by atoms with Gasteiger partial charge in [-0.2, -0.15) is 4.98 Å².